The van der Waals surface area contributed by atoms with Crippen LogP contribution < -0.4 is 0 Å². The van der Waals surface area contributed by atoms with Crippen LogP contribution in [0.4, 0.5) is 0 Å². The van der Waals surface area contributed by atoms with Gasteiger partial charge in [0.15, 0.2) is 0 Å². The van der Waals surface area contributed by atoms with Gasteiger partial charge in [0.1, 0.15) is 7.22 Å². The van der Waals surface area contributed by atoms with Crippen LogP contribution >= 0.6 is 23.8 Å². The predicted octanol–water partition coefficient (Wildman–Crippen LogP) is 6.49. The van der Waals surface area contributed by atoms with E-state index in [1.165, 1.54) is 18.5 Å². The Labute approximate surface area is 217 Å². The van der Waals surface area contributed by atoms with Gasteiger partial charge in [0.2, 0.25) is 0 Å². The van der Waals surface area contributed by atoms with E-state index in [1.54, 1.807) is 0 Å². The highest BCUT2D eigenvalue weighted by molar-refractivity contribution is 8.28. The van der Waals surface area contributed by atoms with Crippen molar-refractivity contribution in [1.82, 2.24) is 0 Å². The minimum atomic E-state index is -2.56. The van der Waals surface area contributed by atoms with E-state index in [1.807, 2.05) is 41.5 Å². The van der Waals surface area contributed by atoms with Crippen molar-refractivity contribution in [2.75, 3.05) is 51.1 Å². The topological polar surface area (TPSA) is 55.4 Å². The van der Waals surface area contributed by atoms with Crippen LogP contribution in [-0.2, 0) is 26.6 Å². The summed E-state index contributed by atoms with van der Waals surface area (Å²) in [7, 11) is -6.59. The first-order chi connectivity index (χ1) is 15.8. The average Bonchev–Trinajstić information content (AvgIpc) is 2.77. The Morgan fingerprint density at radius 3 is 1.27 bits per heavy atom. The highest BCUT2D eigenvalue weighted by atomic mass is 32.4. The Hall–Kier alpha value is 1.11. The summed E-state index contributed by atoms with van der Waals surface area (Å²) < 4.78 is 36.3. The maximum absolute atomic E-state index is 6.06. The number of thiol groups is 1. The standard InChI is InChI=1S/C22H52O6S2Si3/c1-8-23-32(24-9-2,25-10-3)21-15-18-30-31(7,19-14-17-29)20-16-22-33(26-11-4,27-12-5)28-13-6/h29H,8-22H2,1-7H3. The molecule has 0 saturated heterocycles. The summed E-state index contributed by atoms with van der Waals surface area (Å²) in [6.07, 6.45) is 3.35. The van der Waals surface area contributed by atoms with E-state index in [9.17, 15) is 0 Å². The van der Waals surface area contributed by atoms with Crippen LogP contribution in [0.15, 0.2) is 0 Å². The van der Waals surface area contributed by atoms with Crippen LogP contribution in [0, 0.1) is 0 Å². The van der Waals surface area contributed by atoms with Gasteiger partial charge in [-0.25, -0.2) is 0 Å². The maximum Gasteiger partial charge on any atom is 0.500 e. The van der Waals surface area contributed by atoms with Crippen LogP contribution in [0.25, 0.3) is 0 Å². The van der Waals surface area contributed by atoms with Crippen LogP contribution in [0.5, 0.6) is 0 Å². The lowest BCUT2D eigenvalue weighted by Gasteiger charge is -2.32. The third-order valence-electron chi connectivity index (χ3n) is 5.32. The second-order valence-electron chi connectivity index (χ2n) is 8.05. The van der Waals surface area contributed by atoms with Gasteiger partial charge in [0.25, 0.3) is 0 Å². The summed E-state index contributed by atoms with van der Waals surface area (Å²) in [5, 5.41) is 0. The van der Waals surface area contributed by atoms with Crippen LogP contribution in [0.2, 0.25) is 30.7 Å². The maximum atomic E-state index is 6.06. The molecule has 0 bridgehead atoms. The van der Waals surface area contributed by atoms with Crippen molar-refractivity contribution in [3.05, 3.63) is 0 Å². The quantitative estimate of drug-likeness (QED) is 0.0822. The lowest BCUT2D eigenvalue weighted by Crippen LogP contribution is -2.46. The Kier molecular flexibility index (Phi) is 20.9. The fraction of sp³-hybridized carbons (Fsp3) is 1.00. The zero-order valence-electron chi connectivity index (χ0n) is 22.4. The zero-order valence-corrected chi connectivity index (χ0v) is 27.1. The Bertz CT molecular complexity index is 434. The highest BCUT2D eigenvalue weighted by Crippen LogP contribution is 2.35. The molecule has 0 aromatic carbocycles. The van der Waals surface area contributed by atoms with E-state index in [0.29, 0.717) is 39.6 Å². The first-order valence-electron chi connectivity index (χ1n) is 12.9. The van der Waals surface area contributed by atoms with Crippen molar-refractivity contribution in [2.24, 2.45) is 0 Å². The van der Waals surface area contributed by atoms with Crippen LogP contribution in [0.3, 0.4) is 0 Å². The molecule has 6 nitrogen and oxygen atoms in total. The average molecular weight is 561 g/mol. The number of rotatable bonds is 24. The smallest absolute Gasteiger partial charge is 0.374 e. The first kappa shape index (κ1) is 34.1. The number of hydrogen-bond donors (Lipinski definition) is 1. The van der Waals surface area contributed by atoms with Gasteiger partial charge in [-0.05, 0) is 78.0 Å². The number of hydrogen-bond acceptors (Lipinski definition) is 8. The molecule has 0 aromatic rings. The molecule has 0 aliphatic heterocycles. The molecule has 0 spiro atoms. The van der Waals surface area contributed by atoms with Crippen LogP contribution in [-0.4, -0.2) is 76.0 Å². The summed E-state index contributed by atoms with van der Waals surface area (Å²) in [6.45, 7) is 18.5. The van der Waals surface area contributed by atoms with Gasteiger partial charge in [0, 0.05) is 51.7 Å². The Morgan fingerprint density at radius 1 is 0.545 bits per heavy atom. The molecule has 0 saturated carbocycles. The van der Waals surface area contributed by atoms with Gasteiger partial charge in [0.05, 0.1) is 0 Å². The zero-order chi connectivity index (χ0) is 25.1. The normalized spacial score (nSPS) is 14.5. The molecule has 33 heavy (non-hydrogen) atoms. The summed E-state index contributed by atoms with van der Waals surface area (Å²) in [6, 6.07) is 4.33. The van der Waals surface area contributed by atoms with E-state index in [0.717, 1.165) is 36.4 Å². The van der Waals surface area contributed by atoms with E-state index >= 15 is 0 Å². The molecule has 0 N–H and O–H groups in total. The van der Waals surface area contributed by atoms with Crippen molar-refractivity contribution in [3.63, 3.8) is 0 Å². The molecule has 0 aliphatic carbocycles. The molecule has 0 aliphatic rings. The molecule has 11 heteroatoms. The molecule has 0 heterocycles. The fourth-order valence-electron chi connectivity index (χ4n) is 4.01. The van der Waals surface area contributed by atoms with Gasteiger partial charge in [-0.3, -0.25) is 0 Å². The van der Waals surface area contributed by atoms with Gasteiger partial charge >= 0.3 is 17.6 Å². The third-order valence-corrected chi connectivity index (χ3v) is 19.9. The summed E-state index contributed by atoms with van der Waals surface area (Å²) >= 11 is 6.69. The summed E-state index contributed by atoms with van der Waals surface area (Å²) in [4.78, 5) is 0. The molecule has 1 unspecified atom stereocenters. The predicted molar refractivity (Wildman–Crippen MR) is 152 cm³/mol. The van der Waals surface area contributed by atoms with E-state index < -0.39 is 24.8 Å². The largest absolute Gasteiger partial charge is 0.500 e. The van der Waals surface area contributed by atoms with E-state index in [2.05, 4.69) is 30.4 Å². The van der Waals surface area contributed by atoms with E-state index in [-0.39, 0.29) is 0 Å². The second-order valence-corrected chi connectivity index (χ2v) is 22.4. The van der Waals surface area contributed by atoms with E-state index in [4.69, 9.17) is 26.6 Å². The second kappa shape index (κ2) is 20.2. The van der Waals surface area contributed by atoms with Gasteiger partial charge < -0.3 is 26.6 Å². The molecule has 0 amide bonds. The van der Waals surface area contributed by atoms with Crippen molar-refractivity contribution >= 4 is 48.7 Å². The monoisotopic (exact) mass is 560 g/mol. The third kappa shape index (κ3) is 14.4. The molecule has 0 radical (unpaired) electrons. The Balaban J connectivity index is 4.97. The van der Waals surface area contributed by atoms with Crippen LogP contribution in [0.1, 0.15) is 60.8 Å². The minimum absolute atomic E-state index is 0.638. The first-order valence-corrected chi connectivity index (χ1v) is 22.0. The fourth-order valence-corrected chi connectivity index (χ4v) is 17.1. The van der Waals surface area contributed by atoms with Crippen molar-refractivity contribution in [2.45, 2.75) is 91.5 Å². The molecule has 1 atom stereocenters. The van der Waals surface area contributed by atoms with Gasteiger partial charge in [-0.2, -0.15) is 23.8 Å². The SMILES string of the molecule is CCO[Si](CCCS[Si](C)(CCCS)CCC[Si](OCC)(OCC)OCC)(OCC)OCC. The lowest BCUT2D eigenvalue weighted by molar-refractivity contribution is 0.0703. The molecular formula is C22H52O6S2Si3. The molecular weight excluding hydrogens is 509 g/mol. The van der Waals surface area contributed by atoms with Crippen molar-refractivity contribution < 1.29 is 26.6 Å². The summed E-state index contributed by atoms with van der Waals surface area (Å²) in [5.41, 5.74) is 0. The molecule has 0 rings (SSSR count). The molecule has 0 fully saturated rings. The highest BCUT2D eigenvalue weighted by Gasteiger charge is 2.42. The summed E-state index contributed by atoms with van der Waals surface area (Å²) in [5.74, 6) is 2.08. The van der Waals surface area contributed by atoms with Gasteiger partial charge in [-0.15, -0.1) is 0 Å². The lowest BCUT2D eigenvalue weighted by atomic mass is 10.6. The van der Waals surface area contributed by atoms with Crippen molar-refractivity contribution in [1.29, 1.82) is 0 Å². The minimum Gasteiger partial charge on any atom is -0.374 e. The van der Waals surface area contributed by atoms with Crippen molar-refractivity contribution in [3.8, 4) is 0 Å². The Morgan fingerprint density at radius 2 is 0.909 bits per heavy atom. The molecule has 0 aromatic heterocycles. The molecule has 200 valence electrons. The van der Waals surface area contributed by atoms with Gasteiger partial charge in [-0.1, -0.05) is 13.0 Å².